The number of amides is 1. The average molecular weight is 263 g/mol. The summed E-state index contributed by atoms with van der Waals surface area (Å²) < 4.78 is 4.37. The fourth-order valence-electron chi connectivity index (χ4n) is 1.47. The van der Waals surface area contributed by atoms with E-state index in [9.17, 15) is 4.79 Å². The maximum Gasteiger partial charge on any atom is 0.299 e. The van der Waals surface area contributed by atoms with Crippen LogP contribution < -0.4 is 5.48 Å². The first kappa shape index (κ1) is 13.2. The number of carbonyl (C=O) groups is 1. The maximum atomic E-state index is 11.7. The van der Waals surface area contributed by atoms with Crippen molar-refractivity contribution in [3.8, 4) is 0 Å². The molecule has 1 unspecified atom stereocenters. The molecule has 1 aromatic carbocycles. The number of benzene rings is 1. The third-order valence-electron chi connectivity index (χ3n) is 2.52. The number of nitrogens with one attached hydrogen (secondary N) is 1. The van der Waals surface area contributed by atoms with Crippen LogP contribution in [0.2, 0.25) is 0 Å². The Morgan fingerprint density at radius 1 is 1.42 bits per heavy atom. The molecule has 0 aliphatic carbocycles. The molecule has 100 valence electrons. The Hall–Kier alpha value is -2.25. The summed E-state index contributed by atoms with van der Waals surface area (Å²) in [6, 6.07) is 9.41. The predicted molar refractivity (Wildman–Crippen MR) is 63.6 cm³/mol. The molecule has 7 nitrogen and oxygen atoms in total. The van der Waals surface area contributed by atoms with Gasteiger partial charge in [0.1, 0.15) is 11.8 Å². The summed E-state index contributed by atoms with van der Waals surface area (Å²) in [5.74, 6) is -0.618. The smallest absolute Gasteiger partial charge is 0.299 e. The molecule has 0 saturated carbocycles. The fraction of sp³-hybridized carbons (Fsp3) is 0.250. The monoisotopic (exact) mass is 263 g/mol. The van der Waals surface area contributed by atoms with E-state index in [0.717, 1.165) is 5.56 Å². The SMILES string of the molecule is CC(ONC(=O)c1nonc1CO)c1ccccc1. The minimum atomic E-state index is -0.618. The lowest BCUT2D eigenvalue weighted by Crippen LogP contribution is -2.26. The van der Waals surface area contributed by atoms with Crippen LogP contribution in [0.3, 0.4) is 0 Å². The molecule has 19 heavy (non-hydrogen) atoms. The number of aromatic nitrogens is 2. The molecule has 0 radical (unpaired) electrons. The summed E-state index contributed by atoms with van der Waals surface area (Å²) in [4.78, 5) is 16.9. The van der Waals surface area contributed by atoms with E-state index < -0.39 is 12.5 Å². The summed E-state index contributed by atoms with van der Waals surface area (Å²) in [6.45, 7) is 1.37. The fourth-order valence-corrected chi connectivity index (χ4v) is 1.47. The van der Waals surface area contributed by atoms with Gasteiger partial charge in [0.25, 0.3) is 5.91 Å². The molecule has 0 aliphatic heterocycles. The number of hydrogen-bond donors (Lipinski definition) is 2. The number of carbonyl (C=O) groups excluding carboxylic acids is 1. The second-order valence-electron chi connectivity index (χ2n) is 3.82. The second kappa shape index (κ2) is 6.07. The van der Waals surface area contributed by atoms with Gasteiger partial charge in [-0.3, -0.25) is 9.63 Å². The summed E-state index contributed by atoms with van der Waals surface area (Å²) in [7, 11) is 0. The molecule has 7 heteroatoms. The van der Waals surface area contributed by atoms with Crippen molar-refractivity contribution in [3.05, 3.63) is 47.3 Å². The molecule has 0 saturated heterocycles. The number of aliphatic hydroxyl groups is 1. The van der Waals surface area contributed by atoms with Crippen LogP contribution in [0.5, 0.6) is 0 Å². The van der Waals surface area contributed by atoms with E-state index in [1.165, 1.54) is 0 Å². The van der Waals surface area contributed by atoms with E-state index in [4.69, 9.17) is 9.94 Å². The van der Waals surface area contributed by atoms with Gasteiger partial charge in [0.05, 0.1) is 6.61 Å². The van der Waals surface area contributed by atoms with Crippen molar-refractivity contribution in [1.29, 1.82) is 0 Å². The predicted octanol–water partition coefficient (Wildman–Crippen LogP) is 0.985. The summed E-state index contributed by atoms with van der Waals surface area (Å²) in [5, 5.41) is 15.7. The van der Waals surface area contributed by atoms with Gasteiger partial charge in [0.15, 0.2) is 5.69 Å². The molecule has 0 aliphatic rings. The van der Waals surface area contributed by atoms with Crippen LogP contribution in [0.25, 0.3) is 0 Å². The zero-order valence-corrected chi connectivity index (χ0v) is 10.2. The Morgan fingerprint density at radius 3 is 2.84 bits per heavy atom. The molecule has 0 fully saturated rings. The van der Waals surface area contributed by atoms with Gasteiger partial charge in [0.2, 0.25) is 0 Å². The lowest BCUT2D eigenvalue weighted by atomic mass is 10.1. The number of rotatable bonds is 5. The second-order valence-corrected chi connectivity index (χ2v) is 3.82. The van der Waals surface area contributed by atoms with Crippen LogP contribution in [0.15, 0.2) is 35.0 Å². The van der Waals surface area contributed by atoms with E-state index in [1.54, 1.807) is 6.92 Å². The van der Waals surface area contributed by atoms with Gasteiger partial charge < -0.3 is 5.11 Å². The normalized spacial score (nSPS) is 12.1. The number of hydrogen-bond acceptors (Lipinski definition) is 6. The minimum absolute atomic E-state index is 0.0634. The molecule has 1 amide bonds. The van der Waals surface area contributed by atoms with Gasteiger partial charge in [-0.25, -0.2) is 10.1 Å². The van der Waals surface area contributed by atoms with Crippen molar-refractivity contribution in [2.24, 2.45) is 0 Å². The largest absolute Gasteiger partial charge is 0.390 e. The van der Waals surface area contributed by atoms with E-state index in [0.29, 0.717) is 0 Å². The van der Waals surface area contributed by atoms with E-state index >= 15 is 0 Å². The first-order valence-corrected chi connectivity index (χ1v) is 5.65. The van der Waals surface area contributed by atoms with Crippen molar-refractivity contribution in [1.82, 2.24) is 15.8 Å². The summed E-state index contributed by atoms with van der Waals surface area (Å²) in [6.07, 6.45) is -0.317. The number of hydroxylamine groups is 1. The van der Waals surface area contributed by atoms with Gasteiger partial charge in [-0.1, -0.05) is 35.5 Å². The third kappa shape index (κ3) is 3.15. The highest BCUT2D eigenvalue weighted by atomic mass is 16.7. The number of nitrogens with zero attached hydrogens (tertiary/aromatic N) is 2. The van der Waals surface area contributed by atoms with Crippen molar-refractivity contribution < 1.29 is 19.4 Å². The Balaban J connectivity index is 1.94. The van der Waals surface area contributed by atoms with Crippen molar-refractivity contribution >= 4 is 5.91 Å². The molecule has 1 aromatic heterocycles. The Kier molecular flexibility index (Phi) is 4.22. The van der Waals surface area contributed by atoms with Crippen LogP contribution in [0, 0.1) is 0 Å². The Labute approximate surface area is 109 Å². The van der Waals surface area contributed by atoms with Crippen LogP contribution in [0.1, 0.15) is 34.8 Å². The molecular weight excluding hydrogens is 250 g/mol. The lowest BCUT2D eigenvalue weighted by Gasteiger charge is -2.12. The molecule has 2 aromatic rings. The lowest BCUT2D eigenvalue weighted by molar-refractivity contribution is -0.00951. The van der Waals surface area contributed by atoms with Gasteiger partial charge in [-0.15, -0.1) is 0 Å². The van der Waals surface area contributed by atoms with E-state index in [-0.39, 0.29) is 17.5 Å². The van der Waals surface area contributed by atoms with Crippen molar-refractivity contribution in [2.45, 2.75) is 19.6 Å². The maximum absolute atomic E-state index is 11.7. The highest BCUT2D eigenvalue weighted by Crippen LogP contribution is 2.14. The summed E-state index contributed by atoms with van der Waals surface area (Å²) in [5.41, 5.74) is 3.13. The van der Waals surface area contributed by atoms with Crippen LogP contribution in [-0.2, 0) is 11.4 Å². The molecule has 1 atom stereocenters. The highest BCUT2D eigenvalue weighted by molar-refractivity contribution is 5.92. The molecule has 2 N–H and O–H groups in total. The Bertz CT molecular complexity index is 541. The minimum Gasteiger partial charge on any atom is -0.390 e. The van der Waals surface area contributed by atoms with Gasteiger partial charge in [0, 0.05) is 0 Å². The zero-order chi connectivity index (χ0) is 13.7. The van der Waals surface area contributed by atoms with Gasteiger partial charge in [-0.2, -0.15) is 0 Å². The topological polar surface area (TPSA) is 97.5 Å². The third-order valence-corrected chi connectivity index (χ3v) is 2.52. The van der Waals surface area contributed by atoms with E-state index in [1.807, 2.05) is 30.3 Å². The zero-order valence-electron chi connectivity index (χ0n) is 10.2. The van der Waals surface area contributed by atoms with Gasteiger partial charge >= 0.3 is 0 Å². The first-order valence-electron chi connectivity index (χ1n) is 5.65. The van der Waals surface area contributed by atoms with Gasteiger partial charge in [-0.05, 0) is 17.6 Å². The molecular formula is C12H13N3O4. The van der Waals surface area contributed by atoms with Crippen LogP contribution in [0.4, 0.5) is 0 Å². The van der Waals surface area contributed by atoms with Crippen LogP contribution >= 0.6 is 0 Å². The van der Waals surface area contributed by atoms with Crippen molar-refractivity contribution in [2.75, 3.05) is 0 Å². The van der Waals surface area contributed by atoms with E-state index in [2.05, 4.69) is 20.4 Å². The van der Waals surface area contributed by atoms with Crippen molar-refractivity contribution in [3.63, 3.8) is 0 Å². The van der Waals surface area contributed by atoms with Crippen LogP contribution in [-0.4, -0.2) is 21.3 Å². The molecule has 2 rings (SSSR count). The summed E-state index contributed by atoms with van der Waals surface area (Å²) >= 11 is 0. The standard InChI is InChI=1S/C12H13N3O4/c1-8(9-5-3-2-4-6-9)18-15-12(17)11-10(7-16)13-19-14-11/h2-6,8,16H,7H2,1H3,(H,15,17). The molecule has 0 spiro atoms. The molecule has 1 heterocycles. The average Bonchev–Trinajstić information content (AvgIpc) is 2.93. The quantitative estimate of drug-likeness (QED) is 0.780. The molecule has 0 bridgehead atoms. The number of aliphatic hydroxyl groups excluding tert-OH is 1. The highest BCUT2D eigenvalue weighted by Gasteiger charge is 2.18. The Morgan fingerprint density at radius 2 is 2.16 bits per heavy atom. The first-order chi connectivity index (χ1) is 9.22.